The van der Waals surface area contributed by atoms with Crippen LogP contribution in [0, 0.1) is 11.6 Å². The third-order valence-electron chi connectivity index (χ3n) is 2.72. The first-order valence-electron chi connectivity index (χ1n) is 5.95. The molecule has 2 rings (SSSR count). The topological polar surface area (TPSA) is 48.1 Å². The number of nitrogens with two attached hydrogens (primary N) is 1. The van der Waals surface area contributed by atoms with Crippen molar-refractivity contribution in [1.29, 1.82) is 0 Å². The predicted molar refractivity (Wildman–Crippen MR) is 67.9 cm³/mol. The number of rotatable bonds is 4. The zero-order valence-electron chi connectivity index (χ0n) is 10.4. The van der Waals surface area contributed by atoms with Crippen molar-refractivity contribution in [3.63, 3.8) is 0 Å². The summed E-state index contributed by atoms with van der Waals surface area (Å²) in [5.41, 5.74) is 6.56. The van der Waals surface area contributed by atoms with Crippen molar-refractivity contribution in [2.75, 3.05) is 0 Å². The van der Waals surface area contributed by atoms with E-state index in [4.69, 9.17) is 10.5 Å². The van der Waals surface area contributed by atoms with Crippen LogP contribution in [0.25, 0.3) is 0 Å². The van der Waals surface area contributed by atoms with Crippen molar-refractivity contribution >= 4 is 0 Å². The van der Waals surface area contributed by atoms with E-state index >= 15 is 0 Å². The summed E-state index contributed by atoms with van der Waals surface area (Å²) in [4.78, 5) is 4.13. The van der Waals surface area contributed by atoms with Gasteiger partial charge in [0, 0.05) is 6.04 Å². The van der Waals surface area contributed by atoms with E-state index in [1.54, 1.807) is 12.1 Å². The summed E-state index contributed by atoms with van der Waals surface area (Å²) in [6.45, 7) is 1.96. The van der Waals surface area contributed by atoms with Crippen LogP contribution in [0.2, 0.25) is 0 Å². The van der Waals surface area contributed by atoms with Gasteiger partial charge in [0.05, 0.1) is 11.9 Å². The van der Waals surface area contributed by atoms with Gasteiger partial charge in [-0.2, -0.15) is 4.39 Å². The summed E-state index contributed by atoms with van der Waals surface area (Å²) in [5.74, 6) is -1.81. The Morgan fingerprint density at radius 2 is 2.05 bits per heavy atom. The number of hydrogen-bond acceptors (Lipinski definition) is 3. The molecule has 5 heteroatoms. The quantitative estimate of drug-likeness (QED) is 0.918. The lowest BCUT2D eigenvalue weighted by molar-refractivity contribution is 0.414. The number of aromatic nitrogens is 1. The molecule has 1 atom stereocenters. The number of halogens is 2. The third kappa shape index (κ3) is 3.06. The Morgan fingerprint density at radius 3 is 2.68 bits per heavy atom. The van der Waals surface area contributed by atoms with Gasteiger partial charge in [0.15, 0.2) is 11.6 Å². The van der Waals surface area contributed by atoms with Gasteiger partial charge >= 0.3 is 0 Å². The number of pyridine rings is 1. The van der Waals surface area contributed by atoms with Crippen molar-refractivity contribution in [1.82, 2.24) is 4.98 Å². The first-order chi connectivity index (χ1) is 9.11. The molecule has 0 saturated carbocycles. The molecule has 0 unspecified atom stereocenters. The zero-order valence-corrected chi connectivity index (χ0v) is 10.4. The van der Waals surface area contributed by atoms with Gasteiger partial charge in [-0.25, -0.2) is 4.39 Å². The first-order valence-corrected chi connectivity index (χ1v) is 5.95. The molecule has 2 aromatic rings. The number of benzene rings is 1. The summed E-state index contributed by atoms with van der Waals surface area (Å²) in [6.07, 6.45) is 2.21. The molecule has 100 valence electrons. The van der Waals surface area contributed by atoms with E-state index in [9.17, 15) is 8.78 Å². The molecule has 0 amide bonds. The molecule has 0 aliphatic rings. The number of nitrogens with zero attached hydrogens (tertiary/aromatic N) is 1. The molecule has 1 heterocycles. The molecule has 0 aliphatic heterocycles. The van der Waals surface area contributed by atoms with E-state index in [0.717, 1.165) is 18.2 Å². The lowest BCUT2D eigenvalue weighted by Gasteiger charge is -2.10. The van der Waals surface area contributed by atoms with Gasteiger partial charge in [-0.15, -0.1) is 0 Å². The standard InChI is InChI=1S/C14H14F2N2O/c1-2-11(17)12-7-6-9(8-18-12)19-13-5-3-4-10(15)14(13)16/h3-8,11H,2,17H2,1H3/t11-/m1/s1. The maximum absolute atomic E-state index is 13.4. The van der Waals surface area contributed by atoms with Crippen LogP contribution in [0.1, 0.15) is 25.1 Å². The smallest absolute Gasteiger partial charge is 0.201 e. The third-order valence-corrected chi connectivity index (χ3v) is 2.72. The Balaban J connectivity index is 2.18. The molecule has 0 aliphatic carbocycles. The number of hydrogen-bond donors (Lipinski definition) is 1. The van der Waals surface area contributed by atoms with E-state index in [1.165, 1.54) is 18.3 Å². The van der Waals surface area contributed by atoms with Crippen LogP contribution in [0.3, 0.4) is 0 Å². The number of ether oxygens (including phenoxy) is 1. The molecule has 19 heavy (non-hydrogen) atoms. The minimum atomic E-state index is -1.02. The molecule has 0 fully saturated rings. The maximum Gasteiger partial charge on any atom is 0.201 e. The molecule has 0 saturated heterocycles. The van der Waals surface area contributed by atoms with Gasteiger partial charge in [0.25, 0.3) is 0 Å². The average molecular weight is 264 g/mol. The summed E-state index contributed by atoms with van der Waals surface area (Å²) in [7, 11) is 0. The fraction of sp³-hybridized carbons (Fsp3) is 0.214. The van der Waals surface area contributed by atoms with Gasteiger partial charge in [0.2, 0.25) is 5.82 Å². The van der Waals surface area contributed by atoms with E-state index in [0.29, 0.717) is 5.75 Å². The van der Waals surface area contributed by atoms with Gasteiger partial charge < -0.3 is 10.5 Å². The van der Waals surface area contributed by atoms with Gasteiger partial charge in [-0.1, -0.05) is 13.0 Å². The minimum Gasteiger partial charge on any atom is -0.453 e. The van der Waals surface area contributed by atoms with Crippen LogP contribution in [0.5, 0.6) is 11.5 Å². The minimum absolute atomic E-state index is 0.139. The molecular weight excluding hydrogens is 250 g/mol. The highest BCUT2D eigenvalue weighted by molar-refractivity contribution is 5.31. The van der Waals surface area contributed by atoms with E-state index in [2.05, 4.69) is 4.98 Å². The summed E-state index contributed by atoms with van der Waals surface area (Å²) >= 11 is 0. The van der Waals surface area contributed by atoms with Gasteiger partial charge in [0.1, 0.15) is 5.75 Å². The van der Waals surface area contributed by atoms with Crippen LogP contribution >= 0.6 is 0 Å². The van der Waals surface area contributed by atoms with Crippen LogP contribution < -0.4 is 10.5 Å². The van der Waals surface area contributed by atoms with Crippen molar-refractivity contribution < 1.29 is 13.5 Å². The summed E-state index contributed by atoms with van der Waals surface area (Å²) in [6, 6.07) is 6.96. The molecular formula is C14H14F2N2O. The Hall–Kier alpha value is -2.01. The second-order valence-electron chi connectivity index (χ2n) is 4.09. The van der Waals surface area contributed by atoms with Crippen LogP contribution in [0.4, 0.5) is 8.78 Å². The Bertz CT molecular complexity index is 558. The predicted octanol–water partition coefficient (Wildman–Crippen LogP) is 3.56. The van der Waals surface area contributed by atoms with Gasteiger partial charge in [-0.05, 0) is 30.7 Å². The highest BCUT2D eigenvalue weighted by Gasteiger charge is 2.10. The lowest BCUT2D eigenvalue weighted by Crippen LogP contribution is -2.10. The summed E-state index contributed by atoms with van der Waals surface area (Å²) in [5, 5.41) is 0. The molecule has 0 bridgehead atoms. The molecule has 2 N–H and O–H groups in total. The lowest BCUT2D eigenvalue weighted by atomic mass is 10.1. The Kier molecular flexibility index (Phi) is 4.06. The first kappa shape index (κ1) is 13.4. The Morgan fingerprint density at radius 1 is 1.26 bits per heavy atom. The Labute approximate surface area is 110 Å². The van der Waals surface area contributed by atoms with E-state index in [-0.39, 0.29) is 11.8 Å². The second-order valence-corrected chi connectivity index (χ2v) is 4.09. The van der Waals surface area contributed by atoms with Crippen LogP contribution in [-0.4, -0.2) is 4.98 Å². The summed E-state index contributed by atoms with van der Waals surface area (Å²) < 4.78 is 31.7. The van der Waals surface area contributed by atoms with Crippen molar-refractivity contribution in [3.8, 4) is 11.5 Å². The normalized spacial score (nSPS) is 12.2. The highest BCUT2D eigenvalue weighted by atomic mass is 19.2. The van der Waals surface area contributed by atoms with E-state index in [1.807, 2.05) is 6.92 Å². The molecule has 1 aromatic carbocycles. The van der Waals surface area contributed by atoms with Crippen molar-refractivity contribution in [2.24, 2.45) is 5.73 Å². The average Bonchev–Trinajstić information content (AvgIpc) is 2.44. The molecule has 1 aromatic heterocycles. The molecule has 0 radical (unpaired) electrons. The van der Waals surface area contributed by atoms with E-state index < -0.39 is 11.6 Å². The fourth-order valence-electron chi connectivity index (χ4n) is 1.57. The molecule has 0 spiro atoms. The second kappa shape index (κ2) is 5.75. The molecule has 3 nitrogen and oxygen atoms in total. The van der Waals surface area contributed by atoms with Crippen molar-refractivity contribution in [2.45, 2.75) is 19.4 Å². The van der Waals surface area contributed by atoms with Crippen molar-refractivity contribution in [3.05, 3.63) is 53.9 Å². The monoisotopic (exact) mass is 264 g/mol. The zero-order chi connectivity index (χ0) is 13.8. The van der Waals surface area contributed by atoms with Crippen LogP contribution in [0.15, 0.2) is 36.5 Å². The fourth-order valence-corrected chi connectivity index (χ4v) is 1.57. The SMILES string of the molecule is CC[C@@H](N)c1ccc(Oc2cccc(F)c2F)cn1. The maximum atomic E-state index is 13.4. The van der Waals surface area contributed by atoms with Crippen LogP contribution in [-0.2, 0) is 0 Å². The largest absolute Gasteiger partial charge is 0.453 e. The van der Waals surface area contributed by atoms with Gasteiger partial charge in [-0.3, -0.25) is 4.98 Å². The highest BCUT2D eigenvalue weighted by Crippen LogP contribution is 2.25.